The van der Waals surface area contributed by atoms with Crippen molar-refractivity contribution < 1.29 is 23.8 Å². The zero-order valence-corrected chi connectivity index (χ0v) is 24.4. The maximum absolute atomic E-state index is 15.7. The fourth-order valence-electron chi connectivity index (χ4n) is 6.56. The smallest absolute Gasteiger partial charge is 0.335 e. The Labute approximate surface area is 246 Å². The Balaban J connectivity index is 1.51. The lowest BCUT2D eigenvalue weighted by atomic mass is 9.80. The Morgan fingerprint density at radius 1 is 1.07 bits per heavy atom. The monoisotopic (exact) mass is 570 g/mol. The predicted octanol–water partition coefficient (Wildman–Crippen LogP) is 7.54. The molecular formula is C35H39FN2O4. The van der Waals surface area contributed by atoms with E-state index in [1.165, 1.54) is 0 Å². The van der Waals surface area contributed by atoms with E-state index in [1.807, 2.05) is 54.6 Å². The number of hydrogen-bond donors (Lipinski definition) is 1. The molecule has 7 heteroatoms. The third kappa shape index (κ3) is 5.75. The number of rotatable bonds is 8. The molecule has 0 amide bonds. The average Bonchev–Trinajstić information content (AvgIpc) is 3.29. The summed E-state index contributed by atoms with van der Waals surface area (Å²) in [5.41, 5.74) is 4.99. The average molecular weight is 571 g/mol. The summed E-state index contributed by atoms with van der Waals surface area (Å²) in [6.45, 7) is 2.53. The van der Waals surface area contributed by atoms with Crippen molar-refractivity contribution in [3.05, 3.63) is 83.4 Å². The number of alkyl halides is 1. The molecule has 3 atom stereocenters. The van der Waals surface area contributed by atoms with Crippen LogP contribution in [-0.2, 0) is 13.2 Å². The molecule has 1 saturated carbocycles. The zero-order chi connectivity index (χ0) is 29.2. The molecule has 2 heterocycles. The van der Waals surface area contributed by atoms with E-state index in [0.29, 0.717) is 37.7 Å². The van der Waals surface area contributed by atoms with Gasteiger partial charge in [-0.1, -0.05) is 49.2 Å². The molecule has 0 spiro atoms. The first-order chi connectivity index (χ1) is 20.4. The van der Waals surface area contributed by atoms with Crippen LogP contribution in [0.1, 0.15) is 59.5 Å². The molecule has 2 aliphatic rings. The van der Waals surface area contributed by atoms with E-state index in [9.17, 15) is 9.90 Å². The number of fused-ring (bicyclic) bond motifs is 5. The Morgan fingerprint density at radius 3 is 2.64 bits per heavy atom. The van der Waals surface area contributed by atoms with Crippen LogP contribution in [0.4, 0.5) is 4.39 Å². The van der Waals surface area contributed by atoms with Crippen molar-refractivity contribution in [3.63, 3.8) is 0 Å². The Morgan fingerprint density at radius 2 is 1.88 bits per heavy atom. The number of ether oxygens (including phenoxy) is 2. The molecule has 220 valence electrons. The van der Waals surface area contributed by atoms with Gasteiger partial charge in [0.15, 0.2) is 0 Å². The minimum atomic E-state index is -0.964. The van der Waals surface area contributed by atoms with Crippen molar-refractivity contribution in [2.75, 3.05) is 27.2 Å². The fraction of sp³-hybridized carbons (Fsp3) is 0.400. The number of nitrogens with zero attached hydrogens (tertiary/aromatic N) is 2. The second-order valence-electron chi connectivity index (χ2n) is 12.0. The van der Waals surface area contributed by atoms with Gasteiger partial charge in [0.05, 0.1) is 17.9 Å². The number of carboxylic acids is 1. The first-order valence-electron chi connectivity index (χ1n) is 15.0. The van der Waals surface area contributed by atoms with Gasteiger partial charge in [-0.2, -0.15) is 0 Å². The minimum absolute atomic E-state index is 0.178. The Bertz CT molecular complexity index is 1560. The molecule has 0 saturated heterocycles. The maximum Gasteiger partial charge on any atom is 0.335 e. The third-order valence-corrected chi connectivity index (χ3v) is 8.76. The normalized spacial score (nSPS) is 20.3. The van der Waals surface area contributed by atoms with E-state index in [-0.39, 0.29) is 17.4 Å². The number of aromatic carboxylic acids is 1. The summed E-state index contributed by atoms with van der Waals surface area (Å²) in [5, 5.41) is 10.8. The van der Waals surface area contributed by atoms with E-state index in [2.05, 4.69) is 23.6 Å². The molecule has 3 aromatic carbocycles. The van der Waals surface area contributed by atoms with Gasteiger partial charge in [-0.15, -0.1) is 0 Å². The van der Waals surface area contributed by atoms with Crippen LogP contribution in [-0.4, -0.2) is 54.0 Å². The van der Waals surface area contributed by atoms with Crippen LogP contribution in [0.2, 0.25) is 0 Å². The van der Waals surface area contributed by atoms with Crippen LogP contribution >= 0.6 is 0 Å². The van der Waals surface area contributed by atoms with Crippen molar-refractivity contribution >= 4 is 16.9 Å². The van der Waals surface area contributed by atoms with Gasteiger partial charge in [0, 0.05) is 40.9 Å². The first-order valence-corrected chi connectivity index (χ1v) is 15.0. The van der Waals surface area contributed by atoms with Gasteiger partial charge in [-0.25, -0.2) is 9.18 Å². The van der Waals surface area contributed by atoms with Crippen LogP contribution in [0.5, 0.6) is 11.5 Å². The molecular weight excluding hydrogens is 531 g/mol. The molecule has 1 aliphatic heterocycles. The second-order valence-corrected chi connectivity index (χ2v) is 12.0. The topological polar surface area (TPSA) is 63.9 Å². The highest BCUT2D eigenvalue weighted by atomic mass is 19.1. The number of benzene rings is 3. The number of hydrogen-bond acceptors (Lipinski definition) is 4. The minimum Gasteiger partial charge on any atom is -0.492 e. The predicted molar refractivity (Wildman–Crippen MR) is 163 cm³/mol. The van der Waals surface area contributed by atoms with Gasteiger partial charge in [0.1, 0.15) is 24.3 Å². The van der Waals surface area contributed by atoms with Gasteiger partial charge in [0.2, 0.25) is 0 Å². The quantitative estimate of drug-likeness (QED) is 0.237. The summed E-state index contributed by atoms with van der Waals surface area (Å²) in [6, 6.07) is 21.3. The molecule has 6 nitrogen and oxygen atoms in total. The summed E-state index contributed by atoms with van der Waals surface area (Å²) < 4.78 is 30.7. The summed E-state index contributed by atoms with van der Waals surface area (Å²) in [4.78, 5) is 14.2. The lowest BCUT2D eigenvalue weighted by molar-refractivity contribution is 0.0697. The number of carboxylic acid groups (broad SMARTS) is 1. The first kappa shape index (κ1) is 28.3. The highest BCUT2D eigenvalue weighted by Crippen LogP contribution is 2.48. The van der Waals surface area contributed by atoms with Crippen molar-refractivity contribution in [2.24, 2.45) is 5.92 Å². The molecule has 0 bridgehead atoms. The van der Waals surface area contributed by atoms with E-state index >= 15 is 4.39 Å². The van der Waals surface area contributed by atoms with Crippen molar-refractivity contribution in [1.82, 2.24) is 9.47 Å². The molecule has 1 aliphatic carbocycles. The van der Waals surface area contributed by atoms with Crippen LogP contribution < -0.4 is 9.47 Å². The molecule has 1 aromatic heterocycles. The van der Waals surface area contributed by atoms with Gasteiger partial charge < -0.3 is 24.0 Å². The lowest BCUT2D eigenvalue weighted by Crippen LogP contribution is -2.26. The van der Waals surface area contributed by atoms with Crippen LogP contribution in [0.25, 0.3) is 22.2 Å². The molecule has 2 unspecified atom stereocenters. The highest BCUT2D eigenvalue weighted by molar-refractivity contribution is 5.98. The van der Waals surface area contributed by atoms with Gasteiger partial charge in [0.25, 0.3) is 0 Å². The van der Waals surface area contributed by atoms with E-state index in [0.717, 1.165) is 65.5 Å². The van der Waals surface area contributed by atoms with Crippen LogP contribution in [0.15, 0.2) is 66.7 Å². The number of aromatic nitrogens is 1. The van der Waals surface area contributed by atoms with Crippen molar-refractivity contribution in [2.45, 2.75) is 57.3 Å². The molecule has 42 heavy (non-hydrogen) atoms. The van der Waals surface area contributed by atoms with Gasteiger partial charge in [-0.05, 0) is 75.3 Å². The van der Waals surface area contributed by atoms with Crippen LogP contribution in [0, 0.1) is 5.92 Å². The van der Waals surface area contributed by atoms with E-state index in [1.54, 1.807) is 12.1 Å². The number of halogens is 1. The lowest BCUT2D eigenvalue weighted by Gasteiger charge is -2.30. The summed E-state index contributed by atoms with van der Waals surface area (Å²) in [6.07, 6.45) is 3.15. The third-order valence-electron chi connectivity index (χ3n) is 8.76. The van der Waals surface area contributed by atoms with E-state index in [4.69, 9.17) is 9.47 Å². The van der Waals surface area contributed by atoms with Crippen LogP contribution in [0.3, 0.4) is 0 Å². The molecule has 4 aromatic rings. The Kier molecular flexibility index (Phi) is 8.20. The largest absolute Gasteiger partial charge is 0.492 e. The molecule has 1 N–H and O–H groups in total. The van der Waals surface area contributed by atoms with Crippen molar-refractivity contribution in [3.8, 4) is 22.8 Å². The zero-order valence-electron chi connectivity index (χ0n) is 24.4. The Hall–Kier alpha value is -3.84. The van der Waals surface area contributed by atoms with Crippen molar-refractivity contribution in [1.29, 1.82) is 0 Å². The fourth-order valence-corrected chi connectivity index (χ4v) is 6.56. The maximum atomic E-state index is 15.7. The highest BCUT2D eigenvalue weighted by Gasteiger charge is 2.35. The summed E-state index contributed by atoms with van der Waals surface area (Å²) >= 11 is 0. The summed E-state index contributed by atoms with van der Waals surface area (Å²) in [5.74, 6) is 0.382. The standard InChI is InChI=1S/C35H39FN2O4/c1-37(2)17-16-24-20-38-31-18-25(35(39)40)12-14-28(31)33(27-10-6-7-11-30(27)36)34(38)29-15-13-26(19-32(29)42-22-24)41-21-23-8-4-3-5-9-23/h3-5,8-9,12-15,18-19,24,27,30H,6-7,10-11,16-17,20-22H2,1-2H3,(H,39,40)/t24?,27?,30-/m0/s1. The van der Waals surface area contributed by atoms with Gasteiger partial charge >= 0.3 is 5.97 Å². The van der Waals surface area contributed by atoms with E-state index < -0.39 is 12.1 Å². The second kappa shape index (κ2) is 12.2. The van der Waals surface area contributed by atoms with Gasteiger partial charge in [-0.3, -0.25) is 0 Å². The SMILES string of the molecule is CN(C)CCC1COc2cc(OCc3ccccc3)ccc2-c2c(C3CCCC[C@@H]3F)c3ccc(C(=O)O)cc3n2C1. The molecule has 1 fully saturated rings. The summed E-state index contributed by atoms with van der Waals surface area (Å²) in [7, 11) is 4.13. The number of carbonyl (C=O) groups is 1. The molecule has 6 rings (SSSR count). The molecule has 0 radical (unpaired) electrons.